The average Bonchev–Trinajstić information content (AvgIpc) is 3.47. The minimum absolute atomic E-state index is 0.112. The molecule has 2 heterocycles. The quantitative estimate of drug-likeness (QED) is 0.319. The van der Waals surface area contributed by atoms with Crippen LogP contribution in [0.5, 0.6) is 17.2 Å². The van der Waals surface area contributed by atoms with E-state index in [2.05, 4.69) is 16.0 Å². The summed E-state index contributed by atoms with van der Waals surface area (Å²) in [6.45, 7) is 4.05. The fraction of sp³-hybridized carbons (Fsp3) is 0.323. The van der Waals surface area contributed by atoms with E-state index in [0.717, 1.165) is 0 Å². The molecule has 0 bridgehead atoms. The number of carbonyl (C=O) groups excluding carboxylic acids is 3. The second-order valence-corrected chi connectivity index (χ2v) is 10.6. The summed E-state index contributed by atoms with van der Waals surface area (Å²) in [5.74, 6) is 0.709. The smallest absolute Gasteiger partial charge is 0.323 e. The van der Waals surface area contributed by atoms with Crippen LogP contribution in [0.3, 0.4) is 0 Å². The number of rotatable bonds is 7. The van der Waals surface area contributed by atoms with Crippen LogP contribution in [0.2, 0.25) is 0 Å². The van der Waals surface area contributed by atoms with Crippen molar-refractivity contribution in [1.82, 2.24) is 9.80 Å². The number of hydrogen-bond acceptors (Lipinski definition) is 7. The Hall–Kier alpha value is -4.97. The standard InChI is InChI=1S/C31H35N5O7/c1-19-15-36(20(2)17-37)29(38)23-10-7-11-24(34-30(39)32-22-12-13-25-26(14-22)42-18-41-25)28(23)43-27(19)16-35(3)31(40)33-21-8-5-4-6-9-21/h4-14,19-20,27,37H,15-18H2,1-3H3,(H,33,40)(H2,32,34,39)/t19-,20+,27-/m1/s1. The molecule has 0 saturated carbocycles. The average molecular weight is 590 g/mol. The number of urea groups is 2. The minimum Gasteiger partial charge on any atom is -0.485 e. The van der Waals surface area contributed by atoms with E-state index in [1.165, 1.54) is 4.90 Å². The molecule has 3 aromatic rings. The number of amides is 5. The lowest BCUT2D eigenvalue weighted by atomic mass is 9.99. The molecule has 0 fully saturated rings. The van der Waals surface area contributed by atoms with Gasteiger partial charge in [-0.05, 0) is 43.3 Å². The molecule has 0 saturated heterocycles. The van der Waals surface area contributed by atoms with Crippen LogP contribution in [-0.2, 0) is 0 Å². The molecule has 3 atom stereocenters. The van der Waals surface area contributed by atoms with E-state index in [1.54, 1.807) is 67.4 Å². The third kappa shape index (κ3) is 6.75. The molecule has 0 unspecified atom stereocenters. The number of nitrogens with one attached hydrogen (secondary N) is 3. The van der Waals surface area contributed by atoms with Gasteiger partial charge in [-0.25, -0.2) is 9.59 Å². The molecule has 43 heavy (non-hydrogen) atoms. The van der Waals surface area contributed by atoms with Gasteiger partial charge in [-0.15, -0.1) is 0 Å². The van der Waals surface area contributed by atoms with Crippen LogP contribution in [-0.4, -0.2) is 78.6 Å². The molecule has 4 N–H and O–H groups in total. The lowest BCUT2D eigenvalue weighted by Gasteiger charge is -2.38. The zero-order chi connectivity index (χ0) is 30.5. The van der Waals surface area contributed by atoms with Crippen molar-refractivity contribution in [2.75, 3.05) is 49.5 Å². The molecular weight excluding hydrogens is 554 g/mol. The molecule has 0 aliphatic carbocycles. The summed E-state index contributed by atoms with van der Waals surface area (Å²) in [7, 11) is 1.66. The van der Waals surface area contributed by atoms with Gasteiger partial charge < -0.3 is 45.1 Å². The van der Waals surface area contributed by atoms with Gasteiger partial charge in [0.15, 0.2) is 17.2 Å². The van der Waals surface area contributed by atoms with Crippen LogP contribution in [0.15, 0.2) is 66.7 Å². The Bertz CT molecular complexity index is 1480. The zero-order valence-electron chi connectivity index (χ0n) is 24.2. The number of benzene rings is 3. The highest BCUT2D eigenvalue weighted by molar-refractivity contribution is 6.04. The third-order valence-electron chi connectivity index (χ3n) is 7.40. The summed E-state index contributed by atoms with van der Waals surface area (Å²) >= 11 is 0. The van der Waals surface area contributed by atoms with Crippen molar-refractivity contribution in [1.29, 1.82) is 0 Å². The fourth-order valence-electron chi connectivity index (χ4n) is 4.91. The van der Waals surface area contributed by atoms with Gasteiger partial charge in [0.25, 0.3) is 5.91 Å². The summed E-state index contributed by atoms with van der Waals surface area (Å²) in [4.78, 5) is 42.9. The zero-order valence-corrected chi connectivity index (χ0v) is 24.2. The number of hydrogen-bond donors (Lipinski definition) is 4. The van der Waals surface area contributed by atoms with Crippen molar-refractivity contribution >= 4 is 35.0 Å². The Morgan fingerprint density at radius 1 is 1.00 bits per heavy atom. The first-order chi connectivity index (χ1) is 20.7. The predicted molar refractivity (Wildman–Crippen MR) is 161 cm³/mol. The topological polar surface area (TPSA) is 142 Å². The molecule has 12 nitrogen and oxygen atoms in total. The monoisotopic (exact) mass is 589 g/mol. The van der Waals surface area contributed by atoms with E-state index < -0.39 is 18.2 Å². The molecule has 2 aliphatic heterocycles. The van der Waals surface area contributed by atoms with Crippen molar-refractivity contribution in [2.45, 2.75) is 26.0 Å². The number of para-hydroxylation sites is 2. The molecule has 5 rings (SSSR count). The number of likely N-dealkylation sites (N-methyl/N-ethyl adjacent to an activating group) is 1. The Balaban J connectivity index is 1.40. The molecule has 0 spiro atoms. The first-order valence-electron chi connectivity index (χ1n) is 14.0. The van der Waals surface area contributed by atoms with Crippen molar-refractivity contribution in [3.63, 3.8) is 0 Å². The summed E-state index contributed by atoms with van der Waals surface area (Å²) in [5, 5.41) is 18.4. The van der Waals surface area contributed by atoms with E-state index in [4.69, 9.17) is 14.2 Å². The Kier molecular flexibility index (Phi) is 8.86. The molecule has 2 aliphatic rings. The number of aliphatic hydroxyl groups is 1. The van der Waals surface area contributed by atoms with E-state index in [1.807, 2.05) is 25.1 Å². The molecule has 226 valence electrons. The van der Waals surface area contributed by atoms with Crippen LogP contribution in [0.1, 0.15) is 24.2 Å². The number of nitrogens with zero attached hydrogens (tertiary/aromatic N) is 2. The number of anilines is 3. The van der Waals surface area contributed by atoms with Crippen molar-refractivity contribution < 1.29 is 33.7 Å². The summed E-state index contributed by atoms with van der Waals surface area (Å²) in [5.41, 5.74) is 1.65. The van der Waals surface area contributed by atoms with Crippen LogP contribution >= 0.6 is 0 Å². The maximum atomic E-state index is 13.7. The predicted octanol–water partition coefficient (Wildman–Crippen LogP) is 4.44. The van der Waals surface area contributed by atoms with Crippen LogP contribution in [0.25, 0.3) is 0 Å². The van der Waals surface area contributed by atoms with Gasteiger partial charge in [0, 0.05) is 37.0 Å². The minimum atomic E-state index is -0.563. The SMILES string of the molecule is C[C@@H]1CN([C@@H](C)CO)C(=O)c2cccc(NC(=O)Nc3ccc4c(c3)OCO4)c2O[C@@H]1CN(C)C(=O)Nc1ccccc1. The highest BCUT2D eigenvalue weighted by atomic mass is 16.7. The Morgan fingerprint density at radius 2 is 1.77 bits per heavy atom. The van der Waals surface area contributed by atoms with Crippen molar-refractivity contribution in [3.05, 3.63) is 72.3 Å². The lowest BCUT2D eigenvalue weighted by Crippen LogP contribution is -2.50. The van der Waals surface area contributed by atoms with E-state index >= 15 is 0 Å². The first-order valence-corrected chi connectivity index (χ1v) is 14.0. The normalized spacial score (nSPS) is 18.0. The summed E-state index contributed by atoms with van der Waals surface area (Å²) < 4.78 is 17.2. The maximum Gasteiger partial charge on any atom is 0.323 e. The molecule has 5 amide bonds. The van der Waals surface area contributed by atoms with E-state index in [9.17, 15) is 19.5 Å². The Morgan fingerprint density at radius 3 is 2.53 bits per heavy atom. The van der Waals surface area contributed by atoms with Gasteiger partial charge in [-0.2, -0.15) is 0 Å². The molecule has 3 aromatic carbocycles. The van der Waals surface area contributed by atoms with Crippen molar-refractivity contribution in [3.8, 4) is 17.2 Å². The van der Waals surface area contributed by atoms with Crippen LogP contribution in [0.4, 0.5) is 26.7 Å². The first kappa shape index (κ1) is 29.5. The molecular formula is C31H35N5O7. The summed E-state index contributed by atoms with van der Waals surface area (Å²) in [6, 6.07) is 17.7. The number of aliphatic hydroxyl groups excluding tert-OH is 1. The second-order valence-electron chi connectivity index (χ2n) is 10.6. The van der Waals surface area contributed by atoms with Gasteiger partial charge in [-0.1, -0.05) is 31.2 Å². The van der Waals surface area contributed by atoms with Gasteiger partial charge in [0.2, 0.25) is 6.79 Å². The van der Waals surface area contributed by atoms with Crippen LogP contribution < -0.4 is 30.2 Å². The maximum absolute atomic E-state index is 13.7. The molecule has 0 radical (unpaired) electrons. The summed E-state index contributed by atoms with van der Waals surface area (Å²) in [6.07, 6.45) is -0.563. The van der Waals surface area contributed by atoms with Crippen LogP contribution in [0, 0.1) is 5.92 Å². The molecule has 12 heteroatoms. The lowest BCUT2D eigenvalue weighted by molar-refractivity contribution is 0.0373. The largest absolute Gasteiger partial charge is 0.485 e. The number of fused-ring (bicyclic) bond motifs is 2. The molecule has 0 aromatic heterocycles. The number of carbonyl (C=O) groups is 3. The van der Waals surface area contributed by atoms with E-state index in [0.29, 0.717) is 29.4 Å². The van der Waals surface area contributed by atoms with Gasteiger partial charge in [0.1, 0.15) is 6.10 Å². The highest BCUT2D eigenvalue weighted by Crippen LogP contribution is 2.36. The third-order valence-corrected chi connectivity index (χ3v) is 7.40. The van der Waals surface area contributed by atoms with Crippen molar-refractivity contribution in [2.24, 2.45) is 5.92 Å². The van der Waals surface area contributed by atoms with Gasteiger partial charge in [0.05, 0.1) is 30.4 Å². The van der Waals surface area contributed by atoms with E-state index in [-0.39, 0.29) is 54.8 Å². The van der Waals surface area contributed by atoms with Gasteiger partial charge >= 0.3 is 12.1 Å². The Labute approximate surface area is 249 Å². The fourth-order valence-corrected chi connectivity index (χ4v) is 4.91. The second kappa shape index (κ2) is 12.9. The number of ether oxygens (including phenoxy) is 3. The highest BCUT2D eigenvalue weighted by Gasteiger charge is 2.35. The van der Waals surface area contributed by atoms with Gasteiger partial charge in [-0.3, -0.25) is 4.79 Å².